The number of thiophene rings is 1. The molecule has 1 aliphatic rings. The highest BCUT2D eigenvalue weighted by atomic mass is 79.9. The van der Waals surface area contributed by atoms with Gasteiger partial charge in [0.2, 0.25) is 0 Å². The minimum atomic E-state index is 0.249. The molecule has 1 atom stereocenters. The number of hydrogen-bond donors (Lipinski definition) is 1. The predicted molar refractivity (Wildman–Crippen MR) is 95.9 cm³/mol. The lowest BCUT2D eigenvalue weighted by Crippen LogP contribution is -2.33. The molecule has 1 aromatic carbocycles. The molecule has 0 amide bonds. The molecule has 1 N–H and O–H groups in total. The Hall–Kier alpha value is -0.880. The molecular weight excluding hydrogens is 360 g/mol. The number of hydrogen-bond acceptors (Lipinski definition) is 4. The zero-order chi connectivity index (χ0) is 15.4. The normalized spacial score (nSPS) is 17.9. The van der Waals surface area contributed by atoms with Gasteiger partial charge in [-0.3, -0.25) is 4.90 Å². The van der Waals surface area contributed by atoms with Gasteiger partial charge < -0.3 is 10.1 Å². The van der Waals surface area contributed by atoms with E-state index in [1.165, 1.54) is 17.5 Å². The summed E-state index contributed by atoms with van der Waals surface area (Å²) in [5.74, 6) is 0.955. The first kappa shape index (κ1) is 16.0. The van der Waals surface area contributed by atoms with E-state index in [0.717, 1.165) is 36.4 Å². The summed E-state index contributed by atoms with van der Waals surface area (Å²) in [6.07, 6.45) is 1.18. The maximum absolute atomic E-state index is 5.64. The van der Waals surface area contributed by atoms with Crippen LogP contribution in [0, 0.1) is 0 Å². The molecule has 2 aromatic rings. The lowest BCUT2D eigenvalue weighted by Gasteiger charge is -2.31. The Morgan fingerprint density at radius 3 is 2.95 bits per heavy atom. The SMILES string of the molecule is COc1ccc(Br)cc1C(c1ccsc1)N1CCCNCC1. The Morgan fingerprint density at radius 1 is 1.27 bits per heavy atom. The van der Waals surface area contributed by atoms with Crippen LogP contribution >= 0.6 is 27.3 Å². The number of nitrogens with zero attached hydrogens (tertiary/aromatic N) is 1. The number of nitrogens with one attached hydrogen (secondary N) is 1. The monoisotopic (exact) mass is 380 g/mol. The van der Waals surface area contributed by atoms with Crippen LogP contribution in [0.15, 0.2) is 39.5 Å². The molecule has 0 spiro atoms. The highest BCUT2D eigenvalue weighted by Gasteiger charge is 2.26. The van der Waals surface area contributed by atoms with Crippen LogP contribution in [0.25, 0.3) is 0 Å². The van der Waals surface area contributed by atoms with E-state index < -0.39 is 0 Å². The molecule has 1 saturated heterocycles. The summed E-state index contributed by atoms with van der Waals surface area (Å²) < 4.78 is 6.74. The van der Waals surface area contributed by atoms with Crippen LogP contribution in [-0.2, 0) is 0 Å². The first-order valence-corrected chi connectivity index (χ1v) is 9.33. The van der Waals surface area contributed by atoms with E-state index in [1.807, 2.05) is 6.07 Å². The van der Waals surface area contributed by atoms with Crippen LogP contribution in [-0.4, -0.2) is 38.2 Å². The van der Waals surface area contributed by atoms with Crippen molar-refractivity contribution in [2.75, 3.05) is 33.3 Å². The van der Waals surface area contributed by atoms with Gasteiger partial charge in [-0.2, -0.15) is 11.3 Å². The van der Waals surface area contributed by atoms with Gasteiger partial charge in [0.25, 0.3) is 0 Å². The fourth-order valence-electron chi connectivity index (χ4n) is 3.06. The largest absolute Gasteiger partial charge is 0.496 e. The van der Waals surface area contributed by atoms with Crippen molar-refractivity contribution in [1.29, 1.82) is 0 Å². The maximum Gasteiger partial charge on any atom is 0.124 e. The topological polar surface area (TPSA) is 24.5 Å². The van der Waals surface area contributed by atoms with Gasteiger partial charge in [0.1, 0.15) is 5.75 Å². The number of benzene rings is 1. The van der Waals surface area contributed by atoms with E-state index >= 15 is 0 Å². The van der Waals surface area contributed by atoms with Crippen molar-refractivity contribution in [2.45, 2.75) is 12.5 Å². The fourth-order valence-corrected chi connectivity index (χ4v) is 4.12. The molecule has 22 heavy (non-hydrogen) atoms. The van der Waals surface area contributed by atoms with Gasteiger partial charge in [-0.15, -0.1) is 0 Å². The quantitative estimate of drug-likeness (QED) is 0.869. The summed E-state index contributed by atoms with van der Waals surface area (Å²) in [5.41, 5.74) is 2.58. The van der Waals surface area contributed by atoms with E-state index in [0.29, 0.717) is 0 Å². The maximum atomic E-state index is 5.64. The minimum absolute atomic E-state index is 0.249. The molecule has 1 unspecified atom stereocenters. The Labute approximate surface area is 144 Å². The smallest absolute Gasteiger partial charge is 0.124 e. The molecule has 5 heteroatoms. The minimum Gasteiger partial charge on any atom is -0.496 e. The van der Waals surface area contributed by atoms with Gasteiger partial charge >= 0.3 is 0 Å². The zero-order valence-corrected chi connectivity index (χ0v) is 15.1. The van der Waals surface area contributed by atoms with Crippen molar-refractivity contribution >= 4 is 27.3 Å². The molecule has 2 heterocycles. The summed E-state index contributed by atoms with van der Waals surface area (Å²) in [4.78, 5) is 2.56. The molecule has 3 rings (SSSR count). The van der Waals surface area contributed by atoms with E-state index in [2.05, 4.69) is 55.1 Å². The molecule has 0 bridgehead atoms. The van der Waals surface area contributed by atoms with Crippen LogP contribution < -0.4 is 10.1 Å². The Bertz CT molecular complexity index is 595. The van der Waals surface area contributed by atoms with Crippen molar-refractivity contribution in [3.63, 3.8) is 0 Å². The van der Waals surface area contributed by atoms with Crippen LogP contribution in [0.4, 0.5) is 0 Å². The van der Waals surface area contributed by atoms with Crippen molar-refractivity contribution in [3.05, 3.63) is 50.6 Å². The second-order valence-electron chi connectivity index (χ2n) is 5.49. The van der Waals surface area contributed by atoms with E-state index in [9.17, 15) is 0 Å². The third-order valence-electron chi connectivity index (χ3n) is 4.09. The average molecular weight is 381 g/mol. The molecule has 0 aliphatic carbocycles. The highest BCUT2D eigenvalue weighted by molar-refractivity contribution is 9.10. The number of ether oxygens (including phenoxy) is 1. The first-order valence-electron chi connectivity index (χ1n) is 7.60. The van der Waals surface area contributed by atoms with Crippen molar-refractivity contribution in [1.82, 2.24) is 10.2 Å². The molecule has 0 radical (unpaired) electrons. The Kier molecular flexibility index (Phi) is 5.52. The molecule has 1 fully saturated rings. The summed E-state index contributed by atoms with van der Waals surface area (Å²) in [6.45, 7) is 4.29. The summed E-state index contributed by atoms with van der Waals surface area (Å²) in [7, 11) is 1.75. The highest BCUT2D eigenvalue weighted by Crippen LogP contribution is 2.37. The lowest BCUT2D eigenvalue weighted by atomic mass is 9.98. The summed E-state index contributed by atoms with van der Waals surface area (Å²) >= 11 is 5.37. The molecule has 118 valence electrons. The third kappa shape index (κ3) is 3.54. The predicted octanol–water partition coefficient (Wildman–Crippen LogP) is 3.90. The van der Waals surface area contributed by atoms with Crippen LogP contribution in [0.5, 0.6) is 5.75 Å². The average Bonchev–Trinajstić information content (AvgIpc) is 2.91. The fraction of sp³-hybridized carbons (Fsp3) is 0.412. The van der Waals surface area contributed by atoms with E-state index in [4.69, 9.17) is 4.74 Å². The van der Waals surface area contributed by atoms with Crippen LogP contribution in [0.2, 0.25) is 0 Å². The van der Waals surface area contributed by atoms with E-state index in [1.54, 1.807) is 18.4 Å². The molecule has 0 saturated carbocycles. The number of rotatable bonds is 4. The third-order valence-corrected chi connectivity index (χ3v) is 5.28. The zero-order valence-electron chi connectivity index (χ0n) is 12.7. The Balaban J connectivity index is 2.03. The lowest BCUT2D eigenvalue weighted by molar-refractivity contribution is 0.236. The molecule has 1 aliphatic heterocycles. The van der Waals surface area contributed by atoms with Gasteiger partial charge in [0, 0.05) is 29.7 Å². The second-order valence-corrected chi connectivity index (χ2v) is 7.18. The summed E-state index contributed by atoms with van der Waals surface area (Å²) in [6, 6.07) is 8.76. The number of methoxy groups -OCH3 is 1. The van der Waals surface area contributed by atoms with Crippen molar-refractivity contribution in [2.24, 2.45) is 0 Å². The van der Waals surface area contributed by atoms with Gasteiger partial charge in [0.05, 0.1) is 13.2 Å². The van der Waals surface area contributed by atoms with Gasteiger partial charge in [-0.1, -0.05) is 15.9 Å². The van der Waals surface area contributed by atoms with Gasteiger partial charge in [-0.25, -0.2) is 0 Å². The first-order chi connectivity index (χ1) is 10.8. The van der Waals surface area contributed by atoms with Crippen molar-refractivity contribution in [3.8, 4) is 5.75 Å². The second kappa shape index (κ2) is 7.59. The van der Waals surface area contributed by atoms with Gasteiger partial charge in [0.15, 0.2) is 0 Å². The van der Waals surface area contributed by atoms with Crippen molar-refractivity contribution < 1.29 is 4.74 Å². The standard InChI is InChI=1S/C17H21BrN2OS/c1-21-16-4-3-14(18)11-15(16)17(13-5-10-22-12-13)20-8-2-6-19-7-9-20/h3-5,10-12,17,19H,2,6-9H2,1H3. The van der Waals surface area contributed by atoms with E-state index in [-0.39, 0.29) is 6.04 Å². The molecule has 1 aromatic heterocycles. The number of halogens is 1. The van der Waals surface area contributed by atoms with Crippen LogP contribution in [0.3, 0.4) is 0 Å². The van der Waals surface area contributed by atoms with Gasteiger partial charge in [-0.05, 0) is 53.6 Å². The molecule has 3 nitrogen and oxygen atoms in total. The Morgan fingerprint density at radius 2 is 2.18 bits per heavy atom. The molecular formula is C17H21BrN2OS. The van der Waals surface area contributed by atoms with Crippen LogP contribution in [0.1, 0.15) is 23.6 Å². The summed E-state index contributed by atoms with van der Waals surface area (Å²) in [5, 5.41) is 7.90.